The zero-order chi connectivity index (χ0) is 14.3. The van der Waals surface area contributed by atoms with Crippen LogP contribution in [0.15, 0.2) is 12.3 Å². The molecule has 0 fully saturated rings. The summed E-state index contributed by atoms with van der Waals surface area (Å²) in [5, 5.41) is 9.24. The van der Waals surface area contributed by atoms with Gasteiger partial charge in [-0.05, 0) is 6.07 Å². The van der Waals surface area contributed by atoms with Crippen molar-refractivity contribution in [3.05, 3.63) is 47.3 Å². The van der Waals surface area contributed by atoms with E-state index in [1.807, 2.05) is 0 Å². The Bertz CT molecular complexity index is 644. The molecule has 100 valence electrons. The second-order valence-corrected chi connectivity index (χ2v) is 3.44. The number of hydrogen-bond acceptors (Lipinski definition) is 2. The number of rotatable bonds is 1. The molecule has 1 heterocycles. The second-order valence-electron chi connectivity index (χ2n) is 3.44. The normalized spacial score (nSPS) is 10.8. The van der Waals surface area contributed by atoms with Crippen LogP contribution in [0.1, 0.15) is 0 Å². The van der Waals surface area contributed by atoms with E-state index in [2.05, 4.69) is 4.98 Å². The van der Waals surface area contributed by atoms with Gasteiger partial charge in [-0.3, -0.25) is 0 Å². The standard InChI is InChI=1S/C11H3F6NO/c12-5-4(3-1-2-18-11(17)10(3)19)6(13)8(15)9(16)7(5)14/h1-2,19H. The van der Waals surface area contributed by atoms with Gasteiger partial charge in [0.1, 0.15) is 0 Å². The molecule has 2 nitrogen and oxygen atoms in total. The summed E-state index contributed by atoms with van der Waals surface area (Å²) >= 11 is 0. The Morgan fingerprint density at radius 2 is 1.26 bits per heavy atom. The SMILES string of the molecule is Oc1c(-c2c(F)c(F)c(F)c(F)c2F)ccnc1F. The third kappa shape index (κ3) is 1.88. The van der Waals surface area contributed by atoms with Crippen LogP contribution in [-0.4, -0.2) is 10.1 Å². The Morgan fingerprint density at radius 1 is 0.789 bits per heavy atom. The Balaban J connectivity index is 2.87. The zero-order valence-corrected chi connectivity index (χ0v) is 8.82. The molecule has 1 aromatic carbocycles. The van der Waals surface area contributed by atoms with Crippen LogP contribution >= 0.6 is 0 Å². The fourth-order valence-electron chi connectivity index (χ4n) is 1.47. The summed E-state index contributed by atoms with van der Waals surface area (Å²) in [5.74, 6) is -13.9. The Hall–Kier alpha value is -2.25. The van der Waals surface area contributed by atoms with Crippen LogP contribution in [0.2, 0.25) is 0 Å². The number of aromatic nitrogens is 1. The molecular weight excluding hydrogens is 276 g/mol. The van der Waals surface area contributed by atoms with Crippen molar-refractivity contribution < 1.29 is 31.4 Å². The van der Waals surface area contributed by atoms with Crippen LogP contribution in [0.25, 0.3) is 11.1 Å². The van der Waals surface area contributed by atoms with E-state index in [-0.39, 0.29) is 0 Å². The highest BCUT2D eigenvalue weighted by molar-refractivity contribution is 5.71. The third-order valence-corrected chi connectivity index (χ3v) is 2.36. The van der Waals surface area contributed by atoms with Crippen molar-refractivity contribution in [3.63, 3.8) is 0 Å². The van der Waals surface area contributed by atoms with Gasteiger partial charge in [0.2, 0.25) is 5.82 Å². The van der Waals surface area contributed by atoms with Crippen LogP contribution in [0.4, 0.5) is 26.3 Å². The van der Waals surface area contributed by atoms with E-state index in [4.69, 9.17) is 0 Å². The molecule has 2 rings (SSSR count). The Kier molecular flexibility index (Phi) is 3.09. The van der Waals surface area contributed by atoms with E-state index in [9.17, 15) is 31.4 Å². The van der Waals surface area contributed by atoms with E-state index in [0.29, 0.717) is 6.20 Å². The summed E-state index contributed by atoms with van der Waals surface area (Å²) in [4.78, 5) is 2.96. The molecule has 0 saturated carbocycles. The quantitative estimate of drug-likeness (QED) is 0.376. The summed E-state index contributed by atoms with van der Waals surface area (Å²) in [6.45, 7) is 0. The maximum Gasteiger partial charge on any atom is 0.255 e. The molecule has 0 spiro atoms. The van der Waals surface area contributed by atoms with Gasteiger partial charge < -0.3 is 5.11 Å². The molecule has 1 N–H and O–H groups in total. The molecule has 2 aromatic rings. The summed E-state index contributed by atoms with van der Waals surface area (Å²) in [7, 11) is 0. The maximum absolute atomic E-state index is 13.4. The lowest BCUT2D eigenvalue weighted by Gasteiger charge is -2.09. The van der Waals surface area contributed by atoms with Gasteiger partial charge in [-0.2, -0.15) is 4.39 Å². The van der Waals surface area contributed by atoms with Crippen LogP contribution in [0.3, 0.4) is 0 Å². The van der Waals surface area contributed by atoms with E-state index < -0.39 is 51.9 Å². The monoisotopic (exact) mass is 279 g/mol. The van der Waals surface area contributed by atoms with Gasteiger partial charge in [0.15, 0.2) is 29.0 Å². The van der Waals surface area contributed by atoms with Gasteiger partial charge in [-0.1, -0.05) is 0 Å². The molecule has 0 atom stereocenters. The molecule has 0 amide bonds. The lowest BCUT2D eigenvalue weighted by Crippen LogP contribution is -2.04. The number of benzene rings is 1. The van der Waals surface area contributed by atoms with Crippen molar-refractivity contribution in [2.24, 2.45) is 0 Å². The molecular formula is C11H3F6NO. The summed E-state index contributed by atoms with van der Waals surface area (Å²) in [6, 6.07) is 0.719. The Morgan fingerprint density at radius 3 is 1.79 bits per heavy atom. The van der Waals surface area contributed by atoms with E-state index in [1.165, 1.54) is 0 Å². The second kappa shape index (κ2) is 4.45. The minimum Gasteiger partial charge on any atom is -0.503 e. The maximum atomic E-state index is 13.4. The topological polar surface area (TPSA) is 33.1 Å². The highest BCUT2D eigenvalue weighted by atomic mass is 19.2. The van der Waals surface area contributed by atoms with Gasteiger partial charge in [-0.15, -0.1) is 0 Å². The molecule has 0 saturated heterocycles. The van der Waals surface area contributed by atoms with E-state index in [0.717, 1.165) is 6.07 Å². The summed E-state index contributed by atoms with van der Waals surface area (Å²) < 4.78 is 78.5. The largest absolute Gasteiger partial charge is 0.503 e. The van der Waals surface area contributed by atoms with Crippen molar-refractivity contribution in [2.45, 2.75) is 0 Å². The van der Waals surface area contributed by atoms with Crippen molar-refractivity contribution in [1.82, 2.24) is 4.98 Å². The first kappa shape index (κ1) is 13.2. The number of pyridine rings is 1. The molecule has 0 radical (unpaired) electrons. The molecule has 1 aromatic heterocycles. The molecule has 0 aliphatic rings. The average molecular weight is 279 g/mol. The fourth-order valence-corrected chi connectivity index (χ4v) is 1.47. The third-order valence-electron chi connectivity index (χ3n) is 2.36. The molecule has 0 bridgehead atoms. The van der Waals surface area contributed by atoms with Crippen LogP contribution < -0.4 is 0 Å². The molecule has 8 heteroatoms. The number of halogens is 6. The predicted molar refractivity (Wildman–Crippen MR) is 51.1 cm³/mol. The van der Waals surface area contributed by atoms with Crippen LogP contribution in [0.5, 0.6) is 5.75 Å². The lowest BCUT2D eigenvalue weighted by atomic mass is 10.0. The first-order valence-corrected chi connectivity index (χ1v) is 4.71. The first-order chi connectivity index (χ1) is 8.86. The van der Waals surface area contributed by atoms with Gasteiger partial charge in [0.25, 0.3) is 5.95 Å². The lowest BCUT2D eigenvalue weighted by molar-refractivity contribution is 0.379. The molecule has 0 aliphatic carbocycles. The average Bonchev–Trinajstić information content (AvgIpc) is 2.39. The summed E-state index contributed by atoms with van der Waals surface area (Å²) in [6.07, 6.45) is 0.711. The summed E-state index contributed by atoms with van der Waals surface area (Å²) in [5.41, 5.74) is -2.31. The highest BCUT2D eigenvalue weighted by Crippen LogP contribution is 2.36. The minimum absolute atomic E-state index is 0.711. The Labute approximate surface area is 101 Å². The fraction of sp³-hybridized carbons (Fsp3) is 0. The highest BCUT2D eigenvalue weighted by Gasteiger charge is 2.28. The smallest absolute Gasteiger partial charge is 0.255 e. The van der Waals surface area contributed by atoms with Crippen molar-refractivity contribution in [3.8, 4) is 16.9 Å². The molecule has 0 unspecified atom stereocenters. The van der Waals surface area contributed by atoms with Crippen molar-refractivity contribution in [1.29, 1.82) is 0 Å². The molecule has 0 aliphatic heterocycles. The minimum atomic E-state index is -2.34. The van der Waals surface area contributed by atoms with Crippen molar-refractivity contribution in [2.75, 3.05) is 0 Å². The first-order valence-electron chi connectivity index (χ1n) is 4.71. The van der Waals surface area contributed by atoms with E-state index >= 15 is 0 Å². The zero-order valence-electron chi connectivity index (χ0n) is 8.82. The predicted octanol–water partition coefficient (Wildman–Crippen LogP) is 3.29. The number of aromatic hydroxyl groups is 1. The van der Waals surface area contributed by atoms with E-state index in [1.54, 1.807) is 0 Å². The molecule has 19 heavy (non-hydrogen) atoms. The van der Waals surface area contributed by atoms with Crippen LogP contribution in [0, 0.1) is 35.0 Å². The van der Waals surface area contributed by atoms with Crippen LogP contribution in [-0.2, 0) is 0 Å². The van der Waals surface area contributed by atoms with Crippen molar-refractivity contribution >= 4 is 0 Å². The van der Waals surface area contributed by atoms with Gasteiger partial charge >= 0.3 is 0 Å². The number of hydrogen-bond donors (Lipinski definition) is 1. The number of nitrogens with zero attached hydrogens (tertiary/aromatic N) is 1. The van der Waals surface area contributed by atoms with Gasteiger partial charge in [0.05, 0.1) is 5.56 Å². The van der Waals surface area contributed by atoms with Gasteiger partial charge in [-0.25, -0.2) is 26.9 Å². The van der Waals surface area contributed by atoms with Gasteiger partial charge in [0, 0.05) is 11.8 Å².